The summed E-state index contributed by atoms with van der Waals surface area (Å²) >= 11 is 0. The third-order valence-corrected chi connectivity index (χ3v) is 5.23. The number of hydrogen-bond acceptors (Lipinski definition) is 3. The van der Waals surface area contributed by atoms with Gasteiger partial charge in [-0.1, -0.05) is 6.92 Å². The Morgan fingerprint density at radius 3 is 2.50 bits per heavy atom. The smallest absolute Gasteiger partial charge is 0.211 e. The van der Waals surface area contributed by atoms with Gasteiger partial charge in [0.05, 0.1) is 5.75 Å². The minimum atomic E-state index is -3.05. The lowest BCUT2D eigenvalue weighted by Crippen LogP contribution is -2.37. The average molecular weight is 246 g/mol. The molecule has 1 heterocycles. The van der Waals surface area contributed by atoms with Gasteiger partial charge >= 0.3 is 0 Å². The van der Waals surface area contributed by atoms with Gasteiger partial charge in [0.15, 0.2) is 0 Å². The fraction of sp³-hybridized carbons (Fsp3) is 1.00. The predicted octanol–water partition coefficient (Wildman–Crippen LogP) is 0.705. The molecule has 2 aliphatic rings. The Hall–Kier alpha value is -0.130. The number of sulfonamides is 1. The Labute approximate surface area is 98.2 Å². The van der Waals surface area contributed by atoms with Gasteiger partial charge in [0, 0.05) is 6.54 Å². The first kappa shape index (κ1) is 12.3. The van der Waals surface area contributed by atoms with E-state index in [1.165, 1.54) is 0 Å². The molecule has 0 aromatic carbocycles. The van der Waals surface area contributed by atoms with E-state index in [0.717, 1.165) is 38.8 Å². The van der Waals surface area contributed by atoms with Crippen molar-refractivity contribution >= 4 is 10.0 Å². The molecule has 1 aliphatic heterocycles. The van der Waals surface area contributed by atoms with Crippen LogP contribution >= 0.6 is 0 Å². The van der Waals surface area contributed by atoms with E-state index in [1.54, 1.807) is 0 Å². The summed E-state index contributed by atoms with van der Waals surface area (Å²) in [5, 5.41) is 3.25. The van der Waals surface area contributed by atoms with Crippen molar-refractivity contribution in [3.05, 3.63) is 0 Å². The zero-order valence-electron chi connectivity index (χ0n) is 9.96. The molecule has 16 heavy (non-hydrogen) atoms. The van der Waals surface area contributed by atoms with Crippen LogP contribution in [0.2, 0.25) is 0 Å². The molecular weight excluding hydrogens is 224 g/mol. The first-order valence-corrected chi connectivity index (χ1v) is 7.82. The maximum Gasteiger partial charge on any atom is 0.211 e. The molecule has 2 N–H and O–H groups in total. The number of rotatable bonds is 5. The lowest BCUT2D eigenvalue weighted by molar-refractivity contribution is 0.399. The molecule has 2 fully saturated rings. The van der Waals surface area contributed by atoms with Crippen LogP contribution in [0.15, 0.2) is 0 Å². The van der Waals surface area contributed by atoms with Crippen molar-refractivity contribution in [1.82, 2.24) is 10.0 Å². The largest absolute Gasteiger partial charge is 0.317 e. The number of hydrogen-bond donors (Lipinski definition) is 2. The zero-order valence-corrected chi connectivity index (χ0v) is 10.8. The highest BCUT2D eigenvalue weighted by Gasteiger charge is 2.38. The topological polar surface area (TPSA) is 58.2 Å². The third kappa shape index (κ3) is 3.71. The van der Waals surface area contributed by atoms with Crippen molar-refractivity contribution in [2.24, 2.45) is 11.3 Å². The van der Waals surface area contributed by atoms with Crippen LogP contribution < -0.4 is 10.0 Å². The molecule has 0 aromatic heterocycles. The van der Waals surface area contributed by atoms with Gasteiger partial charge in [-0.05, 0) is 50.1 Å². The molecule has 0 amide bonds. The van der Waals surface area contributed by atoms with Gasteiger partial charge in [-0.15, -0.1) is 0 Å². The number of nitrogens with one attached hydrogen (secondary N) is 2. The van der Waals surface area contributed by atoms with Crippen molar-refractivity contribution in [1.29, 1.82) is 0 Å². The van der Waals surface area contributed by atoms with Gasteiger partial charge in [-0.3, -0.25) is 0 Å². The first-order valence-electron chi connectivity index (χ1n) is 6.17. The summed E-state index contributed by atoms with van der Waals surface area (Å²) in [6.45, 7) is 4.68. The van der Waals surface area contributed by atoms with Gasteiger partial charge in [0.25, 0.3) is 0 Å². The lowest BCUT2D eigenvalue weighted by atomic mass is 10.0. The van der Waals surface area contributed by atoms with Gasteiger partial charge in [0.2, 0.25) is 10.0 Å². The first-order chi connectivity index (χ1) is 7.49. The van der Waals surface area contributed by atoms with E-state index in [1.807, 2.05) is 0 Å². The van der Waals surface area contributed by atoms with E-state index in [4.69, 9.17) is 0 Å². The quantitative estimate of drug-likeness (QED) is 0.751. The van der Waals surface area contributed by atoms with Crippen LogP contribution in [0.5, 0.6) is 0 Å². The zero-order chi connectivity index (χ0) is 11.6. The van der Waals surface area contributed by atoms with Gasteiger partial charge in [-0.2, -0.15) is 0 Å². The molecule has 0 spiro atoms. The number of piperidine rings is 1. The molecule has 0 bridgehead atoms. The summed E-state index contributed by atoms with van der Waals surface area (Å²) in [5.74, 6) is 0.649. The highest BCUT2D eigenvalue weighted by molar-refractivity contribution is 7.89. The Balaban J connectivity index is 1.77. The van der Waals surface area contributed by atoms with Crippen molar-refractivity contribution < 1.29 is 8.42 Å². The van der Waals surface area contributed by atoms with Crippen LogP contribution in [0.1, 0.15) is 32.6 Å². The molecule has 2 rings (SSSR count). The van der Waals surface area contributed by atoms with E-state index in [-0.39, 0.29) is 5.41 Å². The summed E-state index contributed by atoms with van der Waals surface area (Å²) in [7, 11) is -3.05. The molecule has 5 heteroatoms. The fourth-order valence-electron chi connectivity index (χ4n) is 2.09. The molecule has 1 aliphatic carbocycles. The van der Waals surface area contributed by atoms with Crippen LogP contribution in [0.25, 0.3) is 0 Å². The normalized spacial score (nSPS) is 25.6. The molecule has 94 valence electrons. The average Bonchev–Trinajstić information content (AvgIpc) is 2.96. The second kappa shape index (κ2) is 4.63. The molecular formula is C11H22N2O2S. The van der Waals surface area contributed by atoms with E-state index in [0.29, 0.717) is 18.2 Å². The van der Waals surface area contributed by atoms with Gasteiger partial charge < -0.3 is 5.32 Å². The summed E-state index contributed by atoms with van der Waals surface area (Å²) in [4.78, 5) is 0. The van der Waals surface area contributed by atoms with Crippen LogP contribution in [0.3, 0.4) is 0 Å². The standard InChI is InChI=1S/C11H22N2O2S/c1-11(4-5-11)9-13-16(14,15)8-10-2-6-12-7-3-10/h10,12-13H,2-9H2,1H3. The van der Waals surface area contributed by atoms with Crippen LogP contribution in [0, 0.1) is 11.3 Å². The fourth-order valence-corrected chi connectivity index (χ4v) is 3.73. The Kier molecular flexibility index (Phi) is 3.56. The minimum absolute atomic E-state index is 0.251. The van der Waals surface area contributed by atoms with E-state index in [9.17, 15) is 8.42 Å². The van der Waals surface area contributed by atoms with Crippen molar-refractivity contribution in [3.63, 3.8) is 0 Å². The van der Waals surface area contributed by atoms with Crippen LogP contribution in [-0.2, 0) is 10.0 Å². The minimum Gasteiger partial charge on any atom is -0.317 e. The molecule has 1 saturated carbocycles. The SMILES string of the molecule is CC1(CNS(=O)(=O)CC2CCNCC2)CC1. The maximum atomic E-state index is 11.8. The second-order valence-corrected chi connectivity index (χ2v) is 7.46. The Bertz CT molecular complexity index is 330. The van der Waals surface area contributed by atoms with E-state index < -0.39 is 10.0 Å². The molecule has 1 saturated heterocycles. The Morgan fingerprint density at radius 1 is 1.31 bits per heavy atom. The van der Waals surface area contributed by atoms with Crippen molar-refractivity contribution in [3.8, 4) is 0 Å². The molecule has 4 nitrogen and oxygen atoms in total. The van der Waals surface area contributed by atoms with Crippen molar-refractivity contribution in [2.75, 3.05) is 25.4 Å². The van der Waals surface area contributed by atoms with Crippen molar-refractivity contribution in [2.45, 2.75) is 32.6 Å². The highest BCUT2D eigenvalue weighted by Crippen LogP contribution is 2.44. The van der Waals surface area contributed by atoms with E-state index in [2.05, 4.69) is 17.0 Å². The van der Waals surface area contributed by atoms with Crippen LogP contribution in [-0.4, -0.2) is 33.8 Å². The van der Waals surface area contributed by atoms with Gasteiger partial charge in [0.1, 0.15) is 0 Å². The molecule has 0 unspecified atom stereocenters. The third-order valence-electron chi connectivity index (χ3n) is 3.74. The molecule has 0 radical (unpaired) electrons. The lowest BCUT2D eigenvalue weighted by Gasteiger charge is -2.22. The summed E-state index contributed by atoms with van der Waals surface area (Å²) in [6.07, 6.45) is 4.28. The summed E-state index contributed by atoms with van der Waals surface area (Å²) in [6, 6.07) is 0. The Morgan fingerprint density at radius 2 is 1.94 bits per heavy atom. The van der Waals surface area contributed by atoms with Crippen LogP contribution in [0.4, 0.5) is 0 Å². The maximum absolute atomic E-state index is 11.8. The monoisotopic (exact) mass is 246 g/mol. The van der Waals surface area contributed by atoms with Gasteiger partial charge in [-0.25, -0.2) is 13.1 Å². The predicted molar refractivity (Wildman–Crippen MR) is 64.7 cm³/mol. The summed E-state index contributed by atoms with van der Waals surface area (Å²) < 4.78 is 26.4. The molecule has 0 aromatic rings. The van der Waals surface area contributed by atoms with E-state index >= 15 is 0 Å². The molecule has 0 atom stereocenters. The summed E-state index contributed by atoms with van der Waals surface area (Å²) in [5.41, 5.74) is 0.251. The highest BCUT2D eigenvalue weighted by atomic mass is 32.2. The second-order valence-electron chi connectivity index (χ2n) is 5.61.